The van der Waals surface area contributed by atoms with Crippen molar-refractivity contribution in [1.82, 2.24) is 10.2 Å². The van der Waals surface area contributed by atoms with Crippen molar-refractivity contribution in [3.05, 3.63) is 66.2 Å². The van der Waals surface area contributed by atoms with Crippen molar-refractivity contribution >= 4 is 17.8 Å². The highest BCUT2D eigenvalue weighted by atomic mass is 16.5. The normalized spacial score (nSPS) is 16.8. The smallest absolute Gasteiger partial charge is 0.326 e. The summed E-state index contributed by atoms with van der Waals surface area (Å²) in [5.74, 6) is -1.26. The molecule has 2 amide bonds. The van der Waals surface area contributed by atoms with Crippen LogP contribution in [0, 0.1) is 0 Å². The highest BCUT2D eigenvalue weighted by molar-refractivity contribution is 5.91. The predicted molar refractivity (Wildman–Crippen MR) is 106 cm³/mol. The first-order chi connectivity index (χ1) is 14.0. The highest BCUT2D eigenvalue weighted by Gasteiger charge is 2.36. The van der Waals surface area contributed by atoms with Crippen molar-refractivity contribution in [2.24, 2.45) is 0 Å². The Hall–Kier alpha value is -3.35. The molecule has 2 aromatic carbocycles. The average Bonchev–Trinajstić information content (AvgIpc) is 3.23. The minimum absolute atomic E-state index is 0.167. The number of ether oxygens (including phenoxy) is 1. The summed E-state index contributed by atoms with van der Waals surface area (Å²) in [6, 6.07) is 16.4. The van der Waals surface area contributed by atoms with Gasteiger partial charge in [0.05, 0.1) is 0 Å². The van der Waals surface area contributed by atoms with E-state index >= 15 is 0 Å². The molecule has 3 rings (SSSR count). The molecule has 0 saturated carbocycles. The van der Waals surface area contributed by atoms with E-state index < -0.39 is 24.0 Å². The number of carbonyl (C=O) groups is 3. The lowest BCUT2D eigenvalue weighted by Gasteiger charge is -2.25. The maximum absolute atomic E-state index is 12.7. The van der Waals surface area contributed by atoms with Crippen LogP contribution in [0.1, 0.15) is 18.4 Å². The Bertz CT molecular complexity index is 841. The van der Waals surface area contributed by atoms with Crippen LogP contribution in [0.3, 0.4) is 0 Å². The van der Waals surface area contributed by atoms with Gasteiger partial charge >= 0.3 is 5.97 Å². The van der Waals surface area contributed by atoms with E-state index in [0.717, 1.165) is 5.56 Å². The summed E-state index contributed by atoms with van der Waals surface area (Å²) in [7, 11) is 0. The molecule has 7 heteroatoms. The number of para-hydroxylation sites is 1. The predicted octanol–water partition coefficient (Wildman–Crippen LogP) is 1.87. The molecular formula is C22H24N2O5. The minimum atomic E-state index is -1.11. The molecule has 1 aliphatic rings. The fourth-order valence-electron chi connectivity index (χ4n) is 3.40. The van der Waals surface area contributed by atoms with E-state index in [-0.39, 0.29) is 18.9 Å². The van der Waals surface area contributed by atoms with Crippen LogP contribution in [-0.4, -0.2) is 53.0 Å². The van der Waals surface area contributed by atoms with Gasteiger partial charge < -0.3 is 20.1 Å². The van der Waals surface area contributed by atoms with Gasteiger partial charge in [0.25, 0.3) is 5.91 Å². The number of rotatable bonds is 8. The van der Waals surface area contributed by atoms with Gasteiger partial charge in [-0.05, 0) is 30.5 Å². The maximum Gasteiger partial charge on any atom is 0.326 e. The summed E-state index contributed by atoms with van der Waals surface area (Å²) < 4.78 is 5.49. The van der Waals surface area contributed by atoms with E-state index in [1.807, 2.05) is 48.5 Å². The van der Waals surface area contributed by atoms with Gasteiger partial charge in [0.15, 0.2) is 6.61 Å². The summed E-state index contributed by atoms with van der Waals surface area (Å²) in [6.45, 7) is 0.283. The molecule has 1 heterocycles. The zero-order valence-corrected chi connectivity index (χ0v) is 16.0. The first-order valence-corrected chi connectivity index (χ1v) is 9.59. The number of amides is 2. The fraction of sp³-hybridized carbons (Fsp3) is 0.318. The van der Waals surface area contributed by atoms with E-state index in [2.05, 4.69) is 5.32 Å². The van der Waals surface area contributed by atoms with Crippen molar-refractivity contribution in [2.45, 2.75) is 31.3 Å². The SMILES string of the molecule is O=C(O)[C@@H](Cc1ccccc1)NC(=O)[C@@H]1CCCN1C(=O)COc1ccccc1. The van der Waals surface area contributed by atoms with Gasteiger partial charge in [0.2, 0.25) is 5.91 Å². The van der Waals surface area contributed by atoms with Crippen molar-refractivity contribution in [3.63, 3.8) is 0 Å². The minimum Gasteiger partial charge on any atom is -0.484 e. The van der Waals surface area contributed by atoms with Gasteiger partial charge in [0.1, 0.15) is 17.8 Å². The molecule has 0 aliphatic carbocycles. The van der Waals surface area contributed by atoms with E-state index in [0.29, 0.717) is 25.1 Å². The standard InChI is InChI=1S/C22H24N2O5/c25-20(15-29-17-10-5-2-6-11-17)24-13-7-12-19(24)21(26)23-18(22(27)28)14-16-8-3-1-4-9-16/h1-6,8-11,18-19H,7,12-15H2,(H,23,26)(H,27,28)/t18-,19+/m1/s1. The molecule has 2 atom stereocenters. The Balaban J connectivity index is 1.59. The largest absolute Gasteiger partial charge is 0.484 e. The van der Waals surface area contributed by atoms with E-state index in [1.165, 1.54) is 4.90 Å². The Morgan fingerprint density at radius 2 is 1.72 bits per heavy atom. The van der Waals surface area contributed by atoms with Crippen LogP contribution in [0.2, 0.25) is 0 Å². The number of hydrogen-bond donors (Lipinski definition) is 2. The van der Waals surface area contributed by atoms with Gasteiger partial charge in [-0.3, -0.25) is 9.59 Å². The van der Waals surface area contributed by atoms with Crippen LogP contribution >= 0.6 is 0 Å². The van der Waals surface area contributed by atoms with Gasteiger partial charge in [-0.25, -0.2) is 4.79 Å². The molecule has 0 spiro atoms. The second kappa shape index (κ2) is 9.73. The molecule has 29 heavy (non-hydrogen) atoms. The lowest BCUT2D eigenvalue weighted by molar-refractivity contribution is -0.144. The second-order valence-corrected chi connectivity index (χ2v) is 6.94. The van der Waals surface area contributed by atoms with Gasteiger partial charge in [0, 0.05) is 13.0 Å². The molecule has 2 aromatic rings. The highest BCUT2D eigenvalue weighted by Crippen LogP contribution is 2.19. The summed E-state index contributed by atoms with van der Waals surface area (Å²) in [6.07, 6.45) is 1.37. The van der Waals surface area contributed by atoms with Crippen LogP contribution in [0.4, 0.5) is 0 Å². The third-order valence-electron chi connectivity index (χ3n) is 4.88. The number of carbonyl (C=O) groups excluding carboxylic acids is 2. The number of nitrogens with zero attached hydrogens (tertiary/aromatic N) is 1. The maximum atomic E-state index is 12.7. The lowest BCUT2D eigenvalue weighted by Crippen LogP contribution is -2.52. The molecule has 1 saturated heterocycles. The summed E-state index contributed by atoms with van der Waals surface area (Å²) in [5.41, 5.74) is 0.816. The molecule has 152 valence electrons. The lowest BCUT2D eigenvalue weighted by atomic mass is 10.1. The quantitative estimate of drug-likeness (QED) is 0.710. The van der Waals surface area contributed by atoms with Crippen LogP contribution in [0.5, 0.6) is 5.75 Å². The molecule has 0 aromatic heterocycles. The molecular weight excluding hydrogens is 372 g/mol. The fourth-order valence-corrected chi connectivity index (χ4v) is 3.40. The van der Waals surface area contributed by atoms with Crippen LogP contribution in [0.25, 0.3) is 0 Å². The molecule has 2 N–H and O–H groups in total. The topological polar surface area (TPSA) is 95.9 Å². The summed E-state index contributed by atoms with van der Waals surface area (Å²) in [4.78, 5) is 38.4. The number of nitrogens with one attached hydrogen (secondary N) is 1. The first kappa shape index (κ1) is 20.4. The third kappa shape index (κ3) is 5.57. The van der Waals surface area contributed by atoms with E-state index in [4.69, 9.17) is 4.74 Å². The number of carboxylic acid groups (broad SMARTS) is 1. The molecule has 7 nitrogen and oxygen atoms in total. The number of benzene rings is 2. The van der Waals surface area contributed by atoms with Crippen molar-refractivity contribution in [1.29, 1.82) is 0 Å². The first-order valence-electron chi connectivity index (χ1n) is 9.59. The van der Waals surface area contributed by atoms with Gasteiger partial charge in [-0.2, -0.15) is 0 Å². The zero-order valence-electron chi connectivity index (χ0n) is 16.0. The Kier molecular flexibility index (Phi) is 6.84. The number of hydrogen-bond acceptors (Lipinski definition) is 4. The van der Waals surface area contributed by atoms with Gasteiger partial charge in [-0.15, -0.1) is 0 Å². The summed E-state index contributed by atoms with van der Waals surface area (Å²) >= 11 is 0. The van der Waals surface area contributed by atoms with E-state index in [9.17, 15) is 19.5 Å². The Labute approximate surface area is 169 Å². The third-order valence-corrected chi connectivity index (χ3v) is 4.88. The zero-order chi connectivity index (χ0) is 20.6. The number of likely N-dealkylation sites (tertiary alicyclic amines) is 1. The van der Waals surface area contributed by atoms with Crippen molar-refractivity contribution in [2.75, 3.05) is 13.2 Å². The number of carboxylic acids is 1. The van der Waals surface area contributed by atoms with Crippen LogP contribution < -0.4 is 10.1 Å². The molecule has 0 bridgehead atoms. The molecule has 0 radical (unpaired) electrons. The van der Waals surface area contributed by atoms with E-state index in [1.54, 1.807) is 12.1 Å². The van der Waals surface area contributed by atoms with Gasteiger partial charge in [-0.1, -0.05) is 48.5 Å². The van der Waals surface area contributed by atoms with Crippen molar-refractivity contribution < 1.29 is 24.2 Å². The Morgan fingerprint density at radius 3 is 2.38 bits per heavy atom. The summed E-state index contributed by atoms with van der Waals surface area (Å²) in [5, 5.41) is 12.1. The molecule has 1 aliphatic heterocycles. The van der Waals surface area contributed by atoms with Crippen LogP contribution in [0.15, 0.2) is 60.7 Å². The number of aliphatic carboxylic acids is 1. The molecule has 1 fully saturated rings. The Morgan fingerprint density at radius 1 is 1.07 bits per heavy atom. The monoisotopic (exact) mass is 396 g/mol. The van der Waals surface area contributed by atoms with Crippen LogP contribution in [-0.2, 0) is 20.8 Å². The second-order valence-electron chi connectivity index (χ2n) is 6.94. The molecule has 0 unspecified atom stereocenters. The average molecular weight is 396 g/mol. The van der Waals surface area contributed by atoms with Crippen molar-refractivity contribution in [3.8, 4) is 5.75 Å².